The zero-order valence-electron chi connectivity index (χ0n) is 22.5. The van der Waals surface area contributed by atoms with Gasteiger partial charge in [0.1, 0.15) is 17.2 Å². The van der Waals surface area contributed by atoms with Gasteiger partial charge in [0.2, 0.25) is 0 Å². The van der Waals surface area contributed by atoms with Crippen molar-refractivity contribution >= 4 is 35.2 Å². The van der Waals surface area contributed by atoms with E-state index in [1.165, 1.54) is 12.1 Å². The highest BCUT2D eigenvalue weighted by atomic mass is 35.5. The zero-order chi connectivity index (χ0) is 28.6. The second-order valence-corrected chi connectivity index (χ2v) is 11.8. The van der Waals surface area contributed by atoms with Gasteiger partial charge < -0.3 is 14.9 Å². The van der Waals surface area contributed by atoms with Gasteiger partial charge in [0.15, 0.2) is 5.69 Å². The van der Waals surface area contributed by atoms with Gasteiger partial charge in [0.05, 0.1) is 22.8 Å². The molecule has 2 N–H and O–H groups in total. The van der Waals surface area contributed by atoms with Gasteiger partial charge in [-0.3, -0.25) is 9.36 Å². The first-order valence-electron chi connectivity index (χ1n) is 13.2. The summed E-state index contributed by atoms with van der Waals surface area (Å²) < 4.78 is 27.5. The number of anilines is 1. The van der Waals surface area contributed by atoms with E-state index in [1.807, 2.05) is 25.3 Å². The van der Waals surface area contributed by atoms with Gasteiger partial charge in [-0.05, 0) is 69.5 Å². The van der Waals surface area contributed by atoms with Crippen LogP contribution in [0.3, 0.4) is 0 Å². The van der Waals surface area contributed by atoms with Crippen LogP contribution in [0.1, 0.15) is 70.2 Å². The molecule has 2 aromatic carbocycles. The predicted octanol–water partition coefficient (Wildman–Crippen LogP) is 7.55. The highest BCUT2D eigenvalue weighted by Crippen LogP contribution is 2.42. The lowest BCUT2D eigenvalue weighted by atomic mass is 9.88. The monoisotopic (exact) mass is 585 g/mol. The van der Waals surface area contributed by atoms with E-state index >= 15 is 0 Å². The number of benzene rings is 2. The summed E-state index contributed by atoms with van der Waals surface area (Å²) in [5.74, 6) is 0.0209. The van der Waals surface area contributed by atoms with E-state index < -0.39 is 11.4 Å². The molecule has 11 heteroatoms. The Morgan fingerprint density at radius 3 is 2.52 bits per heavy atom. The molecule has 0 radical (unpaired) electrons. The number of nitrogens with zero attached hydrogens (tertiary/aromatic N) is 4. The van der Waals surface area contributed by atoms with Crippen LogP contribution in [0.5, 0.6) is 0 Å². The van der Waals surface area contributed by atoms with Crippen LogP contribution in [0, 0.1) is 5.82 Å². The van der Waals surface area contributed by atoms with Crippen molar-refractivity contribution in [3.63, 3.8) is 0 Å². The summed E-state index contributed by atoms with van der Waals surface area (Å²) in [6, 6.07) is 9.64. The maximum absolute atomic E-state index is 14.3. The van der Waals surface area contributed by atoms with Crippen LogP contribution in [0.4, 0.5) is 10.4 Å². The van der Waals surface area contributed by atoms with Crippen molar-refractivity contribution in [2.45, 2.75) is 70.8 Å². The van der Waals surface area contributed by atoms with E-state index in [1.54, 1.807) is 24.3 Å². The molecule has 4 aromatic rings. The summed E-state index contributed by atoms with van der Waals surface area (Å²) >= 11 is 12.8. The number of aromatic nitrogens is 4. The molecule has 0 unspecified atom stereocenters. The summed E-state index contributed by atoms with van der Waals surface area (Å²) in [5.41, 5.74) is 7.93. The average molecular weight is 586 g/mol. The molecular formula is C29H30Cl2FN5O3. The third-order valence-corrected chi connectivity index (χ3v) is 7.28. The van der Waals surface area contributed by atoms with Gasteiger partial charge in [-0.15, -0.1) is 5.10 Å². The fourth-order valence-corrected chi connectivity index (χ4v) is 5.48. The molecule has 0 atom stereocenters. The largest absolute Gasteiger partial charge is 0.460 e. The molecule has 0 aliphatic heterocycles. The lowest BCUT2D eigenvalue weighted by Gasteiger charge is -2.25. The highest BCUT2D eigenvalue weighted by Gasteiger charge is 2.31. The van der Waals surface area contributed by atoms with E-state index in [9.17, 15) is 9.18 Å². The third-order valence-electron chi connectivity index (χ3n) is 6.75. The fraction of sp³-hybridized carbons (Fsp3) is 0.379. The average Bonchev–Trinajstić information content (AvgIpc) is 3.50. The Bertz CT molecular complexity index is 1550. The SMILES string of the molecule is CC(C)(C)OC(=O)Cc1ccc(Cl)cc1-n1c(C2CCCCC2)nc(-c2nnc(N)o2)c1-c1ccc(F)c(Cl)c1. The smallest absolute Gasteiger partial charge is 0.313 e. The summed E-state index contributed by atoms with van der Waals surface area (Å²) in [6.45, 7) is 5.47. The summed E-state index contributed by atoms with van der Waals surface area (Å²) in [4.78, 5) is 18.0. The Morgan fingerprint density at radius 1 is 1.12 bits per heavy atom. The number of imidazole rings is 1. The van der Waals surface area contributed by atoms with Gasteiger partial charge in [0.25, 0.3) is 5.89 Å². The maximum Gasteiger partial charge on any atom is 0.313 e. The van der Waals surface area contributed by atoms with Crippen molar-refractivity contribution in [2.24, 2.45) is 0 Å². The summed E-state index contributed by atoms with van der Waals surface area (Å²) in [5, 5.41) is 8.36. The molecule has 0 bridgehead atoms. The van der Waals surface area contributed by atoms with Crippen LogP contribution in [0.15, 0.2) is 40.8 Å². The Labute approximate surface area is 241 Å². The molecule has 0 spiro atoms. The standard InChI is InChI=1S/C29H30Cl2FN5O3/c1-29(2,3)40-23(38)14-17-9-11-19(30)15-22(17)37-25(18-10-12-21(32)20(31)13-18)24(27-35-36-28(33)39-27)34-26(37)16-7-5-4-6-8-16/h9-13,15-16H,4-8,14H2,1-3H3,(H2,33,36). The van der Waals surface area contributed by atoms with E-state index in [2.05, 4.69) is 10.2 Å². The van der Waals surface area contributed by atoms with E-state index in [-0.39, 0.29) is 35.2 Å². The van der Waals surface area contributed by atoms with E-state index in [0.717, 1.165) is 37.9 Å². The molecular weight excluding hydrogens is 556 g/mol. The maximum atomic E-state index is 14.3. The Kier molecular flexibility index (Phi) is 7.88. The Hall–Kier alpha value is -3.43. The van der Waals surface area contributed by atoms with Crippen LogP contribution in [-0.4, -0.2) is 31.3 Å². The fourth-order valence-electron chi connectivity index (χ4n) is 5.13. The molecule has 2 aromatic heterocycles. The molecule has 1 aliphatic carbocycles. The molecule has 0 amide bonds. The van der Waals surface area contributed by atoms with Gasteiger partial charge in [-0.25, -0.2) is 9.37 Å². The molecule has 1 aliphatic rings. The minimum absolute atomic E-state index is 0.00148. The first kappa shape index (κ1) is 28.1. The van der Waals surface area contributed by atoms with E-state index in [4.69, 9.17) is 43.1 Å². The first-order valence-corrected chi connectivity index (χ1v) is 13.9. The quantitative estimate of drug-likeness (QED) is 0.232. The number of carbonyl (C=O) groups excluding carboxylic acids is 1. The number of hydrogen-bond donors (Lipinski definition) is 1. The number of carbonyl (C=O) groups is 1. The zero-order valence-corrected chi connectivity index (χ0v) is 24.0. The summed E-state index contributed by atoms with van der Waals surface area (Å²) in [7, 11) is 0. The second-order valence-electron chi connectivity index (χ2n) is 10.9. The molecule has 1 saturated carbocycles. The minimum atomic E-state index is -0.646. The molecule has 0 saturated heterocycles. The highest BCUT2D eigenvalue weighted by molar-refractivity contribution is 6.31. The van der Waals surface area contributed by atoms with Gasteiger partial charge >= 0.3 is 12.0 Å². The second kappa shape index (κ2) is 11.2. The van der Waals surface area contributed by atoms with Crippen molar-refractivity contribution in [3.8, 4) is 28.5 Å². The number of esters is 1. The molecule has 40 heavy (non-hydrogen) atoms. The van der Waals surface area contributed by atoms with Crippen LogP contribution >= 0.6 is 23.2 Å². The van der Waals surface area contributed by atoms with Crippen LogP contribution < -0.4 is 5.73 Å². The number of ether oxygens (including phenoxy) is 1. The van der Waals surface area contributed by atoms with Crippen molar-refractivity contribution in [3.05, 3.63) is 63.6 Å². The van der Waals surface area contributed by atoms with Crippen molar-refractivity contribution < 1.29 is 18.3 Å². The number of nitrogen functional groups attached to an aromatic ring is 1. The van der Waals surface area contributed by atoms with Crippen LogP contribution in [-0.2, 0) is 16.0 Å². The topological polar surface area (TPSA) is 109 Å². The van der Waals surface area contributed by atoms with Crippen LogP contribution in [0.2, 0.25) is 10.0 Å². The van der Waals surface area contributed by atoms with Crippen molar-refractivity contribution in [1.82, 2.24) is 19.7 Å². The predicted molar refractivity (Wildman–Crippen MR) is 152 cm³/mol. The minimum Gasteiger partial charge on any atom is -0.460 e. The third kappa shape index (κ3) is 6.00. The Balaban J connectivity index is 1.80. The van der Waals surface area contributed by atoms with Gasteiger partial charge in [-0.1, -0.05) is 53.6 Å². The number of hydrogen-bond acceptors (Lipinski definition) is 7. The molecule has 2 heterocycles. The lowest BCUT2D eigenvalue weighted by Crippen LogP contribution is -2.25. The Morgan fingerprint density at radius 2 is 1.88 bits per heavy atom. The van der Waals surface area contributed by atoms with Gasteiger partial charge in [-0.2, -0.15) is 0 Å². The van der Waals surface area contributed by atoms with E-state index in [0.29, 0.717) is 33.2 Å². The number of rotatable bonds is 6. The van der Waals surface area contributed by atoms with Gasteiger partial charge in [0, 0.05) is 16.5 Å². The molecule has 210 valence electrons. The lowest BCUT2D eigenvalue weighted by molar-refractivity contribution is -0.153. The van der Waals surface area contributed by atoms with Crippen molar-refractivity contribution in [2.75, 3.05) is 5.73 Å². The molecule has 5 rings (SSSR count). The molecule has 1 fully saturated rings. The normalized spacial score (nSPS) is 14.4. The van der Waals surface area contributed by atoms with Crippen LogP contribution in [0.25, 0.3) is 28.5 Å². The number of halogens is 3. The number of nitrogens with two attached hydrogens (primary N) is 1. The van der Waals surface area contributed by atoms with Crippen molar-refractivity contribution in [1.29, 1.82) is 0 Å². The first-order chi connectivity index (χ1) is 19.0. The molecule has 8 nitrogen and oxygen atoms in total. The summed E-state index contributed by atoms with van der Waals surface area (Å²) in [6.07, 6.45) is 5.10.